The molecule has 5 rings (SSSR count). The molecule has 0 bridgehead atoms. The molecule has 1 N–H and O–H groups in total. The van der Waals surface area contributed by atoms with Gasteiger partial charge >= 0.3 is 0 Å². The molecule has 1 fully saturated rings. The second-order valence-corrected chi connectivity index (χ2v) is 10.2. The zero-order valence-corrected chi connectivity index (χ0v) is 21.2. The second-order valence-electron chi connectivity index (χ2n) is 10.2. The largest absolute Gasteiger partial charge is 0.493 e. The Morgan fingerprint density at radius 2 is 1.80 bits per heavy atom. The first-order chi connectivity index (χ1) is 16.7. The van der Waals surface area contributed by atoms with Crippen LogP contribution in [0.15, 0.2) is 42.5 Å². The van der Waals surface area contributed by atoms with E-state index in [0.29, 0.717) is 18.0 Å². The van der Waals surface area contributed by atoms with Gasteiger partial charge in [0.2, 0.25) is 5.91 Å². The predicted octanol–water partition coefficient (Wildman–Crippen LogP) is 4.40. The lowest BCUT2D eigenvalue weighted by molar-refractivity contribution is -0.168. The summed E-state index contributed by atoms with van der Waals surface area (Å²) >= 11 is 0. The zero-order valence-electron chi connectivity index (χ0n) is 21.2. The maximum Gasteiger partial charge on any atom is 0.255 e. The van der Waals surface area contributed by atoms with Gasteiger partial charge in [0.25, 0.3) is 5.91 Å². The Labute approximate surface area is 206 Å². The first-order valence-electron chi connectivity index (χ1n) is 12.2. The minimum absolute atomic E-state index is 0.0197. The lowest BCUT2D eigenvalue weighted by Crippen LogP contribution is -2.68. The number of nitrogens with zero attached hydrogens (tertiary/aromatic N) is 2. The van der Waals surface area contributed by atoms with Gasteiger partial charge in [-0.2, -0.15) is 0 Å². The normalized spacial score (nSPS) is 22.1. The van der Waals surface area contributed by atoms with Crippen molar-refractivity contribution < 1.29 is 19.1 Å². The van der Waals surface area contributed by atoms with Gasteiger partial charge in [-0.15, -0.1) is 0 Å². The Hall–Kier alpha value is -3.48. The van der Waals surface area contributed by atoms with Crippen molar-refractivity contribution in [3.8, 4) is 11.5 Å². The summed E-state index contributed by atoms with van der Waals surface area (Å²) in [6.07, 6.45) is 0.0197. The first-order valence-corrected chi connectivity index (χ1v) is 12.2. The molecule has 2 amide bonds. The molecular weight excluding hydrogens is 442 g/mol. The van der Waals surface area contributed by atoms with Crippen LogP contribution >= 0.6 is 0 Å². The minimum atomic E-state index is -1.09. The Morgan fingerprint density at radius 1 is 1.06 bits per heavy atom. The van der Waals surface area contributed by atoms with Gasteiger partial charge in [-0.25, -0.2) is 0 Å². The van der Waals surface area contributed by atoms with E-state index < -0.39 is 5.54 Å². The lowest BCUT2D eigenvalue weighted by Gasteiger charge is -2.52. The molecule has 2 aromatic carbocycles. The fourth-order valence-corrected chi connectivity index (χ4v) is 5.60. The molecule has 0 saturated carbocycles. The van der Waals surface area contributed by atoms with Crippen molar-refractivity contribution in [1.29, 1.82) is 0 Å². The maximum absolute atomic E-state index is 13.9. The average molecular weight is 476 g/mol. The smallest absolute Gasteiger partial charge is 0.255 e. The molecule has 3 heterocycles. The Morgan fingerprint density at radius 3 is 2.49 bits per heavy atom. The molecule has 1 aromatic heterocycles. The van der Waals surface area contributed by atoms with E-state index in [1.54, 1.807) is 16.9 Å². The number of aromatic amines is 1. The Bertz CT molecular complexity index is 1310. The average Bonchev–Trinajstić information content (AvgIpc) is 3.22. The molecular formula is C28H33N3O4. The van der Waals surface area contributed by atoms with Crippen LogP contribution in [-0.2, 0) is 15.1 Å². The summed E-state index contributed by atoms with van der Waals surface area (Å²) in [5, 5.41) is 1.07. The number of rotatable bonds is 5. The van der Waals surface area contributed by atoms with Gasteiger partial charge < -0.3 is 24.3 Å². The van der Waals surface area contributed by atoms with Crippen LogP contribution in [0.2, 0.25) is 0 Å². The molecule has 35 heavy (non-hydrogen) atoms. The van der Waals surface area contributed by atoms with E-state index in [2.05, 4.69) is 11.1 Å². The summed E-state index contributed by atoms with van der Waals surface area (Å²) in [7, 11) is 1.63. The van der Waals surface area contributed by atoms with Crippen LogP contribution in [0.1, 0.15) is 57.4 Å². The van der Waals surface area contributed by atoms with Gasteiger partial charge in [-0.3, -0.25) is 9.59 Å². The number of methoxy groups -OCH3 is 1. The van der Waals surface area contributed by atoms with Gasteiger partial charge in [-0.1, -0.05) is 24.3 Å². The lowest BCUT2D eigenvalue weighted by atomic mass is 9.76. The highest BCUT2D eigenvalue weighted by Crippen LogP contribution is 2.49. The first kappa shape index (κ1) is 23.3. The minimum Gasteiger partial charge on any atom is -0.493 e. The molecule has 0 unspecified atom stereocenters. The molecule has 0 spiro atoms. The fraction of sp³-hybridized carbons (Fsp3) is 0.429. The summed E-state index contributed by atoms with van der Waals surface area (Å²) in [6, 6.07) is 14.0. The molecule has 1 saturated heterocycles. The SMILES string of the molecule is COc1cc([C@H]2CN3C(=O)CN(C(C)C)C(=O)[C@]3(C)c3[nH]c4ccccc4c32)ccc1OC(C)C. The third-order valence-corrected chi connectivity index (χ3v) is 7.35. The van der Waals surface area contributed by atoms with Crippen molar-refractivity contribution in [1.82, 2.24) is 14.8 Å². The van der Waals surface area contributed by atoms with Crippen LogP contribution in [-0.4, -0.2) is 58.9 Å². The van der Waals surface area contributed by atoms with E-state index in [1.807, 2.05) is 71.0 Å². The maximum atomic E-state index is 13.9. The molecule has 3 aromatic rings. The Balaban J connectivity index is 1.72. The monoisotopic (exact) mass is 475 g/mol. The van der Waals surface area contributed by atoms with E-state index in [-0.39, 0.29) is 36.4 Å². The van der Waals surface area contributed by atoms with Crippen LogP contribution in [0.4, 0.5) is 0 Å². The molecule has 0 radical (unpaired) electrons. The number of para-hydroxylation sites is 1. The van der Waals surface area contributed by atoms with Crippen LogP contribution in [0.25, 0.3) is 10.9 Å². The summed E-state index contributed by atoms with van der Waals surface area (Å²) in [4.78, 5) is 34.3. The summed E-state index contributed by atoms with van der Waals surface area (Å²) in [5.41, 5.74) is 2.73. The van der Waals surface area contributed by atoms with E-state index in [1.165, 1.54) is 0 Å². The number of ether oxygens (including phenoxy) is 2. The van der Waals surface area contributed by atoms with E-state index in [0.717, 1.165) is 27.7 Å². The number of carbonyl (C=O) groups is 2. The molecule has 7 heteroatoms. The molecule has 0 aliphatic carbocycles. The summed E-state index contributed by atoms with van der Waals surface area (Å²) in [6.45, 7) is 10.3. The van der Waals surface area contributed by atoms with Crippen molar-refractivity contribution in [2.75, 3.05) is 20.2 Å². The quantitative estimate of drug-likeness (QED) is 0.593. The summed E-state index contributed by atoms with van der Waals surface area (Å²) < 4.78 is 11.6. The molecule has 2 atom stereocenters. The number of piperazine rings is 1. The van der Waals surface area contributed by atoms with Crippen molar-refractivity contribution in [2.45, 2.75) is 58.2 Å². The highest BCUT2D eigenvalue weighted by molar-refractivity contribution is 6.01. The summed E-state index contributed by atoms with van der Waals surface area (Å²) in [5.74, 6) is 1.12. The van der Waals surface area contributed by atoms with Gasteiger partial charge in [0.15, 0.2) is 17.0 Å². The number of aromatic nitrogens is 1. The third-order valence-electron chi connectivity index (χ3n) is 7.35. The van der Waals surface area contributed by atoms with Crippen molar-refractivity contribution in [3.63, 3.8) is 0 Å². The fourth-order valence-electron chi connectivity index (χ4n) is 5.60. The van der Waals surface area contributed by atoms with Crippen LogP contribution in [0.5, 0.6) is 11.5 Å². The molecule has 2 aliphatic rings. The van der Waals surface area contributed by atoms with E-state index in [9.17, 15) is 9.59 Å². The number of fused-ring (bicyclic) bond motifs is 5. The van der Waals surface area contributed by atoms with Crippen LogP contribution in [0, 0.1) is 0 Å². The van der Waals surface area contributed by atoms with Crippen molar-refractivity contribution in [2.24, 2.45) is 0 Å². The van der Waals surface area contributed by atoms with Gasteiger partial charge in [0.1, 0.15) is 6.54 Å². The molecule has 7 nitrogen and oxygen atoms in total. The van der Waals surface area contributed by atoms with Crippen LogP contribution < -0.4 is 9.47 Å². The number of benzene rings is 2. The van der Waals surface area contributed by atoms with Crippen molar-refractivity contribution in [3.05, 3.63) is 59.3 Å². The Kier molecular flexibility index (Phi) is 5.54. The van der Waals surface area contributed by atoms with E-state index in [4.69, 9.17) is 9.47 Å². The van der Waals surface area contributed by atoms with Crippen molar-refractivity contribution >= 4 is 22.7 Å². The number of hydrogen-bond acceptors (Lipinski definition) is 4. The number of amides is 2. The number of carbonyl (C=O) groups excluding carboxylic acids is 2. The number of H-pyrrole nitrogens is 1. The predicted molar refractivity (Wildman–Crippen MR) is 135 cm³/mol. The second kappa shape index (κ2) is 8.33. The zero-order chi connectivity index (χ0) is 25.1. The molecule has 2 aliphatic heterocycles. The third kappa shape index (κ3) is 3.48. The standard InChI is InChI=1S/C28H33N3O4/c1-16(2)30-15-24(32)31-14-20(18-11-12-22(35-17(3)4)23(13-18)34-6)25-19-9-7-8-10-21(19)29-26(25)28(31,5)27(30)33/h7-13,16-17,20,29H,14-15H2,1-6H3/t20-,28+/m1/s1. The number of nitrogens with one attached hydrogen (secondary N) is 1. The highest BCUT2D eigenvalue weighted by atomic mass is 16.5. The molecule has 184 valence electrons. The highest BCUT2D eigenvalue weighted by Gasteiger charge is 2.56. The van der Waals surface area contributed by atoms with Gasteiger partial charge in [0, 0.05) is 29.4 Å². The number of hydrogen-bond donors (Lipinski definition) is 1. The van der Waals surface area contributed by atoms with Crippen LogP contribution in [0.3, 0.4) is 0 Å². The van der Waals surface area contributed by atoms with Gasteiger partial charge in [-0.05, 0) is 63.9 Å². The van der Waals surface area contributed by atoms with E-state index >= 15 is 0 Å². The topological polar surface area (TPSA) is 74.9 Å². The van der Waals surface area contributed by atoms with Gasteiger partial charge in [0.05, 0.1) is 18.9 Å².